The summed E-state index contributed by atoms with van der Waals surface area (Å²) in [6.07, 6.45) is 1.81. The zero-order valence-electron chi connectivity index (χ0n) is 15.2. The van der Waals surface area contributed by atoms with Crippen LogP contribution in [0.4, 0.5) is 5.69 Å². The lowest BCUT2D eigenvalue weighted by Gasteiger charge is -2.07. The van der Waals surface area contributed by atoms with E-state index >= 15 is 0 Å². The Kier molecular flexibility index (Phi) is 5.72. The Labute approximate surface area is 163 Å². The number of hydrogen-bond acceptors (Lipinski definition) is 3. The van der Waals surface area contributed by atoms with Crippen molar-refractivity contribution in [1.82, 2.24) is 9.78 Å². The van der Waals surface area contributed by atoms with Crippen molar-refractivity contribution in [3.63, 3.8) is 0 Å². The van der Waals surface area contributed by atoms with Gasteiger partial charge in [-0.25, -0.2) is 0 Å². The summed E-state index contributed by atoms with van der Waals surface area (Å²) < 4.78 is 1.58. The molecule has 0 fully saturated rings. The lowest BCUT2D eigenvalue weighted by Crippen LogP contribution is -2.16. The highest BCUT2D eigenvalue weighted by atomic mass is 35.5. The Morgan fingerprint density at radius 1 is 1.04 bits per heavy atom. The number of nitrogens with zero attached hydrogens (tertiary/aromatic N) is 2. The molecule has 0 unspecified atom stereocenters. The van der Waals surface area contributed by atoms with Gasteiger partial charge in [0, 0.05) is 28.9 Å². The molecule has 2 aromatic carbocycles. The summed E-state index contributed by atoms with van der Waals surface area (Å²) in [6, 6.07) is 15.4. The predicted octanol–water partition coefficient (Wildman–Crippen LogP) is 4.51. The molecule has 0 aliphatic rings. The summed E-state index contributed by atoms with van der Waals surface area (Å²) in [7, 11) is 1.75. The first kappa shape index (κ1) is 18.9. The van der Waals surface area contributed by atoms with E-state index in [0.29, 0.717) is 27.5 Å². The number of rotatable bonds is 6. The summed E-state index contributed by atoms with van der Waals surface area (Å²) in [4.78, 5) is 25.0. The van der Waals surface area contributed by atoms with Crippen molar-refractivity contribution in [2.45, 2.75) is 19.8 Å². The number of aryl methyl sites for hydroxylation is 2. The lowest BCUT2D eigenvalue weighted by molar-refractivity contribution is 0.101. The van der Waals surface area contributed by atoms with Crippen molar-refractivity contribution in [3.05, 3.63) is 82.1 Å². The van der Waals surface area contributed by atoms with E-state index in [-0.39, 0.29) is 11.7 Å². The third kappa shape index (κ3) is 4.44. The topological polar surface area (TPSA) is 64.0 Å². The van der Waals surface area contributed by atoms with Crippen LogP contribution in [0.25, 0.3) is 0 Å². The SMILES string of the molecule is CCCc1cc(C(=O)Nc2ccc(C(=O)c3ccc(Cl)cc3)cc2)n(C)n1. The predicted molar refractivity (Wildman–Crippen MR) is 106 cm³/mol. The quantitative estimate of drug-likeness (QED) is 0.639. The molecule has 0 saturated heterocycles. The Balaban J connectivity index is 1.71. The van der Waals surface area contributed by atoms with Gasteiger partial charge in [0.2, 0.25) is 0 Å². The molecule has 1 heterocycles. The van der Waals surface area contributed by atoms with E-state index in [4.69, 9.17) is 11.6 Å². The average molecular weight is 382 g/mol. The Bertz CT molecular complexity index is 960. The van der Waals surface area contributed by atoms with Crippen molar-refractivity contribution in [2.75, 3.05) is 5.32 Å². The van der Waals surface area contributed by atoms with E-state index in [2.05, 4.69) is 17.3 Å². The molecule has 1 N–H and O–H groups in total. The summed E-state index contributed by atoms with van der Waals surface area (Å²) in [6.45, 7) is 2.07. The molecule has 1 aromatic heterocycles. The van der Waals surface area contributed by atoms with E-state index in [1.54, 1.807) is 66.3 Å². The molecular weight excluding hydrogens is 362 g/mol. The second-order valence-electron chi connectivity index (χ2n) is 6.26. The highest BCUT2D eigenvalue weighted by molar-refractivity contribution is 6.30. The number of anilines is 1. The Morgan fingerprint density at radius 3 is 2.22 bits per heavy atom. The van der Waals surface area contributed by atoms with Crippen LogP contribution in [0, 0.1) is 0 Å². The number of benzene rings is 2. The molecule has 0 saturated carbocycles. The van der Waals surface area contributed by atoms with Crippen LogP contribution < -0.4 is 5.32 Å². The largest absolute Gasteiger partial charge is 0.321 e. The van der Waals surface area contributed by atoms with Gasteiger partial charge in [0.1, 0.15) is 5.69 Å². The van der Waals surface area contributed by atoms with Crippen LogP contribution in [-0.4, -0.2) is 21.5 Å². The van der Waals surface area contributed by atoms with Crippen molar-refractivity contribution >= 4 is 29.0 Å². The molecule has 3 aromatic rings. The van der Waals surface area contributed by atoms with Crippen LogP contribution >= 0.6 is 11.6 Å². The number of halogens is 1. The molecule has 1 amide bonds. The van der Waals surface area contributed by atoms with Crippen molar-refractivity contribution in [3.8, 4) is 0 Å². The van der Waals surface area contributed by atoms with Crippen molar-refractivity contribution < 1.29 is 9.59 Å². The third-order valence-electron chi connectivity index (χ3n) is 4.18. The molecule has 0 atom stereocenters. The monoisotopic (exact) mass is 381 g/mol. The fourth-order valence-corrected chi connectivity index (χ4v) is 2.91. The molecule has 138 valence electrons. The number of aromatic nitrogens is 2. The lowest BCUT2D eigenvalue weighted by atomic mass is 10.0. The van der Waals surface area contributed by atoms with Crippen LogP contribution in [0.2, 0.25) is 5.02 Å². The molecule has 0 aliphatic carbocycles. The van der Waals surface area contributed by atoms with E-state index < -0.39 is 0 Å². The fraction of sp³-hybridized carbons (Fsp3) is 0.190. The number of ketones is 1. The molecular formula is C21H20ClN3O2. The number of nitrogens with one attached hydrogen (secondary N) is 1. The highest BCUT2D eigenvalue weighted by Crippen LogP contribution is 2.17. The van der Waals surface area contributed by atoms with Crippen molar-refractivity contribution in [1.29, 1.82) is 0 Å². The molecule has 0 radical (unpaired) electrons. The number of amides is 1. The minimum atomic E-state index is -0.232. The first-order chi connectivity index (χ1) is 13.0. The summed E-state index contributed by atoms with van der Waals surface area (Å²) in [5.41, 5.74) is 3.12. The van der Waals surface area contributed by atoms with Gasteiger partial charge in [-0.2, -0.15) is 5.10 Å². The smallest absolute Gasteiger partial charge is 0.273 e. The van der Waals surface area contributed by atoms with Crippen LogP contribution in [0.3, 0.4) is 0 Å². The third-order valence-corrected chi connectivity index (χ3v) is 4.43. The normalized spacial score (nSPS) is 10.6. The minimum Gasteiger partial charge on any atom is -0.321 e. The summed E-state index contributed by atoms with van der Waals surface area (Å²) >= 11 is 5.85. The standard InChI is InChI=1S/C21H20ClN3O2/c1-3-4-18-13-19(25(2)24-18)21(27)23-17-11-7-15(8-12-17)20(26)14-5-9-16(22)10-6-14/h5-13H,3-4H2,1-2H3,(H,23,27). The zero-order valence-corrected chi connectivity index (χ0v) is 16.0. The van der Waals surface area contributed by atoms with Crippen LogP contribution in [0.15, 0.2) is 54.6 Å². The summed E-state index contributed by atoms with van der Waals surface area (Å²) in [5.74, 6) is -0.329. The van der Waals surface area contributed by atoms with Crippen LogP contribution in [-0.2, 0) is 13.5 Å². The minimum absolute atomic E-state index is 0.0969. The van der Waals surface area contributed by atoms with E-state index in [1.165, 1.54) is 0 Å². The molecule has 0 bridgehead atoms. The van der Waals surface area contributed by atoms with E-state index in [1.807, 2.05) is 0 Å². The maximum absolute atomic E-state index is 12.5. The van der Waals surface area contributed by atoms with E-state index in [9.17, 15) is 9.59 Å². The average Bonchev–Trinajstić information content (AvgIpc) is 3.03. The van der Waals surface area contributed by atoms with Gasteiger partial charge in [0.25, 0.3) is 5.91 Å². The Morgan fingerprint density at radius 2 is 1.63 bits per heavy atom. The van der Waals surface area contributed by atoms with E-state index in [0.717, 1.165) is 18.5 Å². The molecule has 5 nitrogen and oxygen atoms in total. The van der Waals surface area contributed by atoms with Crippen LogP contribution in [0.1, 0.15) is 45.4 Å². The summed E-state index contributed by atoms with van der Waals surface area (Å²) in [5, 5.41) is 7.77. The molecule has 0 aliphatic heterocycles. The van der Waals surface area contributed by atoms with Gasteiger partial charge in [-0.1, -0.05) is 24.9 Å². The fourth-order valence-electron chi connectivity index (χ4n) is 2.79. The highest BCUT2D eigenvalue weighted by Gasteiger charge is 2.14. The van der Waals surface area contributed by atoms with Gasteiger partial charge in [0.15, 0.2) is 5.78 Å². The Hall–Kier alpha value is -2.92. The maximum Gasteiger partial charge on any atom is 0.273 e. The molecule has 3 rings (SSSR count). The van der Waals surface area contributed by atoms with Gasteiger partial charge >= 0.3 is 0 Å². The van der Waals surface area contributed by atoms with Crippen LogP contribution in [0.5, 0.6) is 0 Å². The van der Waals surface area contributed by atoms with Gasteiger partial charge in [-0.3, -0.25) is 14.3 Å². The van der Waals surface area contributed by atoms with Gasteiger partial charge in [-0.15, -0.1) is 0 Å². The molecule has 0 spiro atoms. The molecule has 27 heavy (non-hydrogen) atoms. The first-order valence-electron chi connectivity index (χ1n) is 8.72. The van der Waals surface area contributed by atoms with Gasteiger partial charge in [-0.05, 0) is 61.0 Å². The number of hydrogen-bond donors (Lipinski definition) is 1. The first-order valence-corrected chi connectivity index (χ1v) is 9.10. The second-order valence-corrected chi connectivity index (χ2v) is 6.70. The van der Waals surface area contributed by atoms with Gasteiger partial charge in [0.05, 0.1) is 5.69 Å². The maximum atomic E-state index is 12.5. The zero-order chi connectivity index (χ0) is 19.4. The van der Waals surface area contributed by atoms with Crippen molar-refractivity contribution in [2.24, 2.45) is 7.05 Å². The number of carbonyl (C=O) groups excluding carboxylic acids is 2. The second kappa shape index (κ2) is 8.18. The number of carbonyl (C=O) groups is 2. The van der Waals surface area contributed by atoms with Gasteiger partial charge < -0.3 is 5.32 Å². The molecule has 6 heteroatoms.